The van der Waals surface area contributed by atoms with Crippen LogP contribution in [0.15, 0.2) is 42.5 Å². The van der Waals surface area contributed by atoms with Gasteiger partial charge in [-0.15, -0.1) is 0 Å². The Labute approximate surface area is 122 Å². The number of hydrogen-bond donors (Lipinski definition) is 1. The molecule has 1 aliphatic carbocycles. The molecule has 0 aromatic heterocycles. The number of benzene rings is 1. The van der Waals surface area contributed by atoms with Gasteiger partial charge in [-0.3, -0.25) is 0 Å². The first kappa shape index (κ1) is 15.3. The van der Waals surface area contributed by atoms with Crippen molar-refractivity contribution >= 4 is 0 Å². The summed E-state index contributed by atoms with van der Waals surface area (Å²) in [7, 11) is 1.76. The van der Waals surface area contributed by atoms with Crippen LogP contribution in [0.2, 0.25) is 0 Å². The van der Waals surface area contributed by atoms with E-state index in [0.29, 0.717) is 12.3 Å². The third kappa shape index (κ3) is 3.94. The second-order valence-electron chi connectivity index (χ2n) is 5.84. The van der Waals surface area contributed by atoms with Crippen LogP contribution < -0.4 is 0 Å². The van der Waals surface area contributed by atoms with Gasteiger partial charge in [0.25, 0.3) is 0 Å². The third-order valence-corrected chi connectivity index (χ3v) is 4.37. The second kappa shape index (κ2) is 7.61. The highest BCUT2D eigenvalue weighted by atomic mass is 16.5. The molecule has 110 valence electrons. The van der Waals surface area contributed by atoms with E-state index in [0.717, 1.165) is 11.1 Å². The summed E-state index contributed by atoms with van der Waals surface area (Å²) in [6, 6.07) is 9.79. The number of aliphatic hydroxyl groups excluding tert-OH is 1. The lowest BCUT2D eigenvalue weighted by Gasteiger charge is -2.31. The number of rotatable bonds is 6. The van der Waals surface area contributed by atoms with Crippen molar-refractivity contribution in [2.75, 3.05) is 7.11 Å². The minimum atomic E-state index is -0.482. The van der Waals surface area contributed by atoms with Gasteiger partial charge in [-0.1, -0.05) is 56.2 Å². The Morgan fingerprint density at radius 1 is 1.25 bits per heavy atom. The van der Waals surface area contributed by atoms with E-state index in [4.69, 9.17) is 4.74 Å². The molecule has 2 atom stereocenters. The quantitative estimate of drug-likeness (QED) is 0.785. The van der Waals surface area contributed by atoms with Gasteiger partial charge in [-0.2, -0.15) is 0 Å². The molecule has 0 spiro atoms. The van der Waals surface area contributed by atoms with Crippen LogP contribution in [-0.2, 0) is 4.74 Å². The Hall–Kier alpha value is -1.12. The molecule has 0 unspecified atom stereocenters. The highest BCUT2D eigenvalue weighted by Crippen LogP contribution is 2.33. The smallest absolute Gasteiger partial charge is 0.0828 e. The zero-order valence-electron chi connectivity index (χ0n) is 12.4. The van der Waals surface area contributed by atoms with Gasteiger partial charge in [0.1, 0.15) is 0 Å². The molecule has 0 radical (unpaired) electrons. The van der Waals surface area contributed by atoms with Gasteiger partial charge in [0.2, 0.25) is 0 Å². The molecule has 2 heteroatoms. The SMILES string of the molecule is C=C(C[C@H](O)c1ccccc1)[C@H](OC)C1CCCCC1. The molecule has 1 saturated carbocycles. The van der Waals surface area contributed by atoms with Gasteiger partial charge < -0.3 is 9.84 Å². The average molecular weight is 274 g/mol. The van der Waals surface area contributed by atoms with Crippen molar-refractivity contribution in [2.24, 2.45) is 5.92 Å². The van der Waals surface area contributed by atoms with Crippen LogP contribution in [0.1, 0.15) is 50.2 Å². The van der Waals surface area contributed by atoms with Crippen molar-refractivity contribution in [2.45, 2.75) is 50.7 Å². The van der Waals surface area contributed by atoms with Crippen LogP contribution >= 0.6 is 0 Å². The fraction of sp³-hybridized carbons (Fsp3) is 0.556. The molecule has 0 heterocycles. The first-order chi connectivity index (χ1) is 9.72. The normalized spacial score (nSPS) is 19.5. The molecule has 1 aromatic carbocycles. The Morgan fingerprint density at radius 2 is 1.90 bits per heavy atom. The van der Waals surface area contributed by atoms with Crippen LogP contribution in [0, 0.1) is 5.92 Å². The maximum absolute atomic E-state index is 10.3. The van der Waals surface area contributed by atoms with Gasteiger partial charge in [0.15, 0.2) is 0 Å². The molecular weight excluding hydrogens is 248 g/mol. The van der Waals surface area contributed by atoms with Gasteiger partial charge in [0.05, 0.1) is 12.2 Å². The lowest BCUT2D eigenvalue weighted by Crippen LogP contribution is -2.27. The maximum Gasteiger partial charge on any atom is 0.0828 e. The molecule has 1 fully saturated rings. The van der Waals surface area contributed by atoms with E-state index >= 15 is 0 Å². The summed E-state index contributed by atoms with van der Waals surface area (Å²) >= 11 is 0. The van der Waals surface area contributed by atoms with Crippen molar-refractivity contribution in [1.29, 1.82) is 0 Å². The predicted molar refractivity (Wildman–Crippen MR) is 82.5 cm³/mol. The summed E-state index contributed by atoms with van der Waals surface area (Å²) in [5.74, 6) is 0.573. The van der Waals surface area contributed by atoms with Crippen molar-refractivity contribution in [3.8, 4) is 0 Å². The van der Waals surface area contributed by atoms with Crippen molar-refractivity contribution in [1.82, 2.24) is 0 Å². The monoisotopic (exact) mass is 274 g/mol. The molecular formula is C18H26O2. The largest absolute Gasteiger partial charge is 0.388 e. The molecule has 0 aliphatic heterocycles. The molecule has 2 nitrogen and oxygen atoms in total. The van der Waals surface area contributed by atoms with E-state index in [-0.39, 0.29) is 6.10 Å². The molecule has 1 aromatic rings. The molecule has 0 saturated heterocycles. The predicted octanol–water partition coefficient (Wildman–Crippen LogP) is 4.26. The van der Waals surface area contributed by atoms with Gasteiger partial charge in [0, 0.05) is 13.5 Å². The molecule has 2 rings (SSSR count). The maximum atomic E-state index is 10.3. The number of ether oxygens (including phenoxy) is 1. The van der Waals surface area contributed by atoms with Crippen LogP contribution in [0.25, 0.3) is 0 Å². The van der Waals surface area contributed by atoms with Gasteiger partial charge >= 0.3 is 0 Å². The lowest BCUT2D eigenvalue weighted by molar-refractivity contribution is 0.0545. The highest BCUT2D eigenvalue weighted by Gasteiger charge is 2.26. The van der Waals surface area contributed by atoms with E-state index in [9.17, 15) is 5.11 Å². The molecule has 1 aliphatic rings. The van der Waals surface area contributed by atoms with Crippen molar-refractivity contribution < 1.29 is 9.84 Å². The molecule has 0 amide bonds. The molecule has 20 heavy (non-hydrogen) atoms. The first-order valence-electron chi connectivity index (χ1n) is 7.66. The van der Waals surface area contributed by atoms with Gasteiger partial charge in [-0.25, -0.2) is 0 Å². The van der Waals surface area contributed by atoms with Crippen molar-refractivity contribution in [3.63, 3.8) is 0 Å². The Balaban J connectivity index is 1.95. The lowest BCUT2D eigenvalue weighted by atomic mass is 9.81. The van der Waals surface area contributed by atoms with Crippen LogP contribution in [0.4, 0.5) is 0 Å². The summed E-state index contributed by atoms with van der Waals surface area (Å²) in [6.45, 7) is 4.18. The fourth-order valence-corrected chi connectivity index (χ4v) is 3.29. The Kier molecular flexibility index (Phi) is 5.81. The summed E-state index contributed by atoms with van der Waals surface area (Å²) in [5.41, 5.74) is 1.97. The summed E-state index contributed by atoms with van der Waals surface area (Å²) in [5, 5.41) is 10.3. The topological polar surface area (TPSA) is 29.5 Å². The third-order valence-electron chi connectivity index (χ3n) is 4.37. The summed E-state index contributed by atoms with van der Waals surface area (Å²) < 4.78 is 5.68. The number of aliphatic hydroxyl groups is 1. The zero-order chi connectivity index (χ0) is 14.4. The fourth-order valence-electron chi connectivity index (χ4n) is 3.29. The average Bonchev–Trinajstić information content (AvgIpc) is 2.50. The van der Waals surface area contributed by atoms with Crippen molar-refractivity contribution in [3.05, 3.63) is 48.0 Å². The van der Waals surface area contributed by atoms with E-state index in [1.165, 1.54) is 32.1 Å². The van der Waals surface area contributed by atoms with E-state index in [1.807, 2.05) is 30.3 Å². The van der Waals surface area contributed by atoms with E-state index < -0.39 is 6.10 Å². The number of methoxy groups -OCH3 is 1. The van der Waals surface area contributed by atoms with Gasteiger partial charge in [-0.05, 0) is 29.9 Å². The second-order valence-corrected chi connectivity index (χ2v) is 5.84. The van der Waals surface area contributed by atoms with Crippen LogP contribution in [0.5, 0.6) is 0 Å². The minimum Gasteiger partial charge on any atom is -0.388 e. The zero-order valence-corrected chi connectivity index (χ0v) is 12.4. The highest BCUT2D eigenvalue weighted by molar-refractivity contribution is 5.20. The first-order valence-corrected chi connectivity index (χ1v) is 7.66. The molecule has 1 N–H and O–H groups in total. The van der Waals surface area contributed by atoms with Crippen LogP contribution in [0.3, 0.4) is 0 Å². The summed E-state index contributed by atoms with van der Waals surface area (Å²) in [6.07, 6.45) is 6.56. The van der Waals surface area contributed by atoms with E-state index in [2.05, 4.69) is 6.58 Å². The Bertz CT molecular complexity index is 407. The van der Waals surface area contributed by atoms with Crippen LogP contribution in [-0.4, -0.2) is 18.3 Å². The minimum absolute atomic E-state index is 0.0914. The standard InChI is InChI=1S/C18H26O2/c1-14(13-17(19)15-9-5-3-6-10-15)18(20-2)16-11-7-4-8-12-16/h3,5-6,9-10,16-19H,1,4,7-8,11-13H2,2H3/t17-,18-/m0/s1. The molecule has 0 bridgehead atoms. The number of hydrogen-bond acceptors (Lipinski definition) is 2. The van der Waals surface area contributed by atoms with E-state index in [1.54, 1.807) is 7.11 Å². The summed E-state index contributed by atoms with van der Waals surface area (Å²) in [4.78, 5) is 0. The Morgan fingerprint density at radius 3 is 2.50 bits per heavy atom.